The highest BCUT2D eigenvalue weighted by Crippen LogP contribution is 2.18. The highest BCUT2D eigenvalue weighted by molar-refractivity contribution is 7.10. The molecule has 1 aliphatic heterocycles. The number of aromatic nitrogens is 2. The number of hydrogen-bond donors (Lipinski definition) is 0. The van der Waals surface area contributed by atoms with Gasteiger partial charge >= 0.3 is 0 Å². The summed E-state index contributed by atoms with van der Waals surface area (Å²) in [6, 6.07) is 7.69. The first kappa shape index (κ1) is 15.0. The maximum Gasteiger partial charge on any atom is 0.233 e. The third kappa shape index (κ3) is 3.82. The standard InChI is InChI=1S/C16H19N3O2S/c1-12-6-7-15(18-17-12)21-13-4-2-8-19(11-13)16(20)10-14-5-3-9-22-14/h3,5-7,9,13H,2,4,8,10-11H2,1H3/t13-/m1/s1. The lowest BCUT2D eigenvalue weighted by Crippen LogP contribution is -2.45. The van der Waals surface area contributed by atoms with Crippen molar-refractivity contribution < 1.29 is 9.53 Å². The predicted octanol–water partition coefficient (Wildman–Crippen LogP) is 2.46. The van der Waals surface area contributed by atoms with Gasteiger partial charge in [0.1, 0.15) is 6.10 Å². The van der Waals surface area contributed by atoms with Crippen LogP contribution in [0.4, 0.5) is 0 Å². The summed E-state index contributed by atoms with van der Waals surface area (Å²) in [5.74, 6) is 0.703. The molecule has 5 nitrogen and oxygen atoms in total. The minimum Gasteiger partial charge on any atom is -0.471 e. The normalized spacial score (nSPS) is 18.2. The van der Waals surface area contributed by atoms with Crippen LogP contribution in [0.2, 0.25) is 0 Å². The van der Waals surface area contributed by atoms with Crippen LogP contribution in [0.1, 0.15) is 23.4 Å². The summed E-state index contributed by atoms with van der Waals surface area (Å²) in [6.07, 6.45) is 2.38. The van der Waals surface area contributed by atoms with E-state index in [2.05, 4.69) is 10.2 Å². The summed E-state index contributed by atoms with van der Waals surface area (Å²) in [6.45, 7) is 3.33. The number of amides is 1. The predicted molar refractivity (Wildman–Crippen MR) is 85.0 cm³/mol. The van der Waals surface area contributed by atoms with Crippen molar-refractivity contribution in [3.8, 4) is 5.88 Å². The second kappa shape index (κ2) is 6.87. The molecule has 0 aliphatic carbocycles. The Labute approximate surface area is 133 Å². The summed E-state index contributed by atoms with van der Waals surface area (Å²) >= 11 is 1.62. The van der Waals surface area contributed by atoms with Gasteiger partial charge in [0.25, 0.3) is 0 Å². The van der Waals surface area contributed by atoms with Crippen LogP contribution in [0, 0.1) is 6.92 Å². The van der Waals surface area contributed by atoms with Crippen LogP contribution >= 0.6 is 11.3 Å². The van der Waals surface area contributed by atoms with Gasteiger partial charge < -0.3 is 9.64 Å². The molecule has 0 spiro atoms. The highest BCUT2D eigenvalue weighted by atomic mass is 32.1. The Balaban J connectivity index is 1.56. The maximum atomic E-state index is 12.4. The van der Waals surface area contributed by atoms with Crippen LogP contribution in [0.5, 0.6) is 5.88 Å². The van der Waals surface area contributed by atoms with Crippen molar-refractivity contribution in [2.75, 3.05) is 13.1 Å². The SMILES string of the molecule is Cc1ccc(O[C@@H]2CCCN(C(=O)Cc3cccs3)C2)nn1. The number of carbonyl (C=O) groups excluding carboxylic acids is 1. The molecule has 0 radical (unpaired) electrons. The van der Waals surface area contributed by atoms with E-state index < -0.39 is 0 Å². The number of ether oxygens (including phenoxy) is 1. The maximum absolute atomic E-state index is 12.4. The molecule has 22 heavy (non-hydrogen) atoms. The topological polar surface area (TPSA) is 55.3 Å². The van der Waals surface area contributed by atoms with Gasteiger partial charge in [0.15, 0.2) is 0 Å². The number of likely N-dealkylation sites (tertiary alicyclic amines) is 1. The van der Waals surface area contributed by atoms with Gasteiger partial charge in [-0.2, -0.15) is 5.10 Å². The molecule has 0 N–H and O–H groups in total. The second-order valence-corrected chi connectivity index (χ2v) is 6.52. The van der Waals surface area contributed by atoms with E-state index in [0.29, 0.717) is 18.8 Å². The van der Waals surface area contributed by atoms with Gasteiger partial charge in [-0.05, 0) is 37.3 Å². The zero-order chi connectivity index (χ0) is 15.4. The van der Waals surface area contributed by atoms with Gasteiger partial charge in [0, 0.05) is 17.5 Å². The largest absolute Gasteiger partial charge is 0.471 e. The molecule has 0 bridgehead atoms. The fourth-order valence-corrected chi connectivity index (χ4v) is 3.25. The number of rotatable bonds is 4. The number of hydrogen-bond acceptors (Lipinski definition) is 5. The van der Waals surface area contributed by atoms with E-state index in [1.165, 1.54) is 0 Å². The number of nitrogens with zero attached hydrogens (tertiary/aromatic N) is 3. The minimum absolute atomic E-state index is 0.00181. The first-order valence-electron chi connectivity index (χ1n) is 7.48. The van der Waals surface area contributed by atoms with Crippen LogP contribution in [0.15, 0.2) is 29.6 Å². The van der Waals surface area contributed by atoms with Crippen molar-refractivity contribution in [3.63, 3.8) is 0 Å². The number of carbonyl (C=O) groups is 1. The van der Waals surface area contributed by atoms with E-state index in [1.807, 2.05) is 41.5 Å². The molecule has 6 heteroatoms. The molecule has 116 valence electrons. The molecule has 1 fully saturated rings. The summed E-state index contributed by atoms with van der Waals surface area (Å²) in [4.78, 5) is 15.4. The Morgan fingerprint density at radius 1 is 1.41 bits per heavy atom. The summed E-state index contributed by atoms with van der Waals surface area (Å²) in [5.41, 5.74) is 0.865. The molecule has 1 amide bonds. The average molecular weight is 317 g/mol. The summed E-state index contributed by atoms with van der Waals surface area (Å²) < 4.78 is 5.86. The van der Waals surface area contributed by atoms with Gasteiger partial charge in [0.05, 0.1) is 18.7 Å². The first-order chi connectivity index (χ1) is 10.7. The Kier molecular flexibility index (Phi) is 4.68. The fraction of sp³-hybridized carbons (Fsp3) is 0.438. The van der Waals surface area contributed by atoms with E-state index in [-0.39, 0.29) is 12.0 Å². The average Bonchev–Trinajstić information content (AvgIpc) is 3.03. The van der Waals surface area contributed by atoms with E-state index in [1.54, 1.807) is 11.3 Å². The number of aryl methyl sites for hydroxylation is 1. The molecule has 2 aromatic heterocycles. The molecule has 0 unspecified atom stereocenters. The Hall–Kier alpha value is -1.95. The van der Waals surface area contributed by atoms with E-state index in [9.17, 15) is 4.79 Å². The fourth-order valence-electron chi connectivity index (χ4n) is 2.56. The number of piperidine rings is 1. The first-order valence-corrected chi connectivity index (χ1v) is 8.36. The summed E-state index contributed by atoms with van der Waals surface area (Å²) in [7, 11) is 0. The number of thiophene rings is 1. The smallest absolute Gasteiger partial charge is 0.233 e. The monoisotopic (exact) mass is 317 g/mol. The molecule has 2 aromatic rings. The van der Waals surface area contributed by atoms with Crippen LogP contribution in [0.3, 0.4) is 0 Å². The molecule has 3 heterocycles. The van der Waals surface area contributed by atoms with Gasteiger partial charge in [-0.15, -0.1) is 16.4 Å². The van der Waals surface area contributed by atoms with Crippen molar-refractivity contribution in [1.82, 2.24) is 15.1 Å². The van der Waals surface area contributed by atoms with Crippen molar-refractivity contribution in [2.45, 2.75) is 32.3 Å². The van der Waals surface area contributed by atoms with Crippen molar-refractivity contribution in [1.29, 1.82) is 0 Å². The molecular weight excluding hydrogens is 298 g/mol. The second-order valence-electron chi connectivity index (χ2n) is 5.49. The van der Waals surface area contributed by atoms with Crippen LogP contribution in [-0.2, 0) is 11.2 Å². The van der Waals surface area contributed by atoms with E-state index >= 15 is 0 Å². The molecule has 1 saturated heterocycles. The summed E-state index contributed by atoms with van der Waals surface area (Å²) in [5, 5.41) is 10.0. The lowest BCUT2D eigenvalue weighted by molar-refractivity contribution is -0.133. The Bertz CT molecular complexity index is 613. The lowest BCUT2D eigenvalue weighted by atomic mass is 10.1. The quantitative estimate of drug-likeness (QED) is 0.869. The van der Waals surface area contributed by atoms with Crippen LogP contribution in [0.25, 0.3) is 0 Å². The third-order valence-corrected chi connectivity index (χ3v) is 4.57. The van der Waals surface area contributed by atoms with Gasteiger partial charge in [0.2, 0.25) is 11.8 Å². The zero-order valence-electron chi connectivity index (χ0n) is 12.6. The molecule has 0 aromatic carbocycles. The molecule has 3 rings (SSSR count). The molecule has 1 atom stereocenters. The van der Waals surface area contributed by atoms with Crippen LogP contribution < -0.4 is 4.74 Å². The Morgan fingerprint density at radius 2 is 2.32 bits per heavy atom. The van der Waals surface area contributed by atoms with Gasteiger partial charge in [-0.3, -0.25) is 4.79 Å². The zero-order valence-corrected chi connectivity index (χ0v) is 13.4. The van der Waals surface area contributed by atoms with E-state index in [4.69, 9.17) is 4.74 Å². The Morgan fingerprint density at radius 3 is 3.05 bits per heavy atom. The van der Waals surface area contributed by atoms with Gasteiger partial charge in [-0.1, -0.05) is 6.07 Å². The molecule has 0 saturated carbocycles. The molecular formula is C16H19N3O2S. The van der Waals surface area contributed by atoms with Crippen molar-refractivity contribution in [3.05, 3.63) is 40.2 Å². The van der Waals surface area contributed by atoms with Gasteiger partial charge in [-0.25, -0.2) is 0 Å². The van der Waals surface area contributed by atoms with Crippen LogP contribution in [-0.4, -0.2) is 40.2 Å². The lowest BCUT2D eigenvalue weighted by Gasteiger charge is -2.32. The highest BCUT2D eigenvalue weighted by Gasteiger charge is 2.25. The van der Waals surface area contributed by atoms with E-state index in [0.717, 1.165) is 30.0 Å². The molecule has 1 aliphatic rings. The third-order valence-electron chi connectivity index (χ3n) is 3.70. The minimum atomic E-state index is -0.00181. The van der Waals surface area contributed by atoms with Crippen molar-refractivity contribution in [2.24, 2.45) is 0 Å². The van der Waals surface area contributed by atoms with Crippen molar-refractivity contribution >= 4 is 17.2 Å².